The lowest BCUT2D eigenvalue weighted by Gasteiger charge is -1.96. The predicted molar refractivity (Wildman–Crippen MR) is 68.2 cm³/mol. The van der Waals surface area contributed by atoms with Gasteiger partial charge < -0.3 is 0 Å². The fourth-order valence-electron chi connectivity index (χ4n) is 1.67. The number of benzene rings is 1. The Morgan fingerprint density at radius 3 is 2.67 bits per heavy atom. The van der Waals surface area contributed by atoms with Crippen LogP contribution in [-0.4, -0.2) is 26.5 Å². The molecule has 1 heterocycles. The summed E-state index contributed by atoms with van der Waals surface area (Å²) in [4.78, 5) is 12.2. The molecule has 2 aromatic rings. The van der Waals surface area contributed by atoms with Crippen LogP contribution in [0.3, 0.4) is 0 Å². The molecule has 0 atom stereocenters. The molecular weight excluding hydrogens is 228 g/mol. The van der Waals surface area contributed by atoms with Crippen LogP contribution in [0, 0.1) is 0 Å². The Bertz CT molecular complexity index is 504. The van der Waals surface area contributed by atoms with Gasteiger partial charge in [0.25, 0.3) is 0 Å². The Morgan fingerprint density at radius 2 is 2.00 bits per heavy atom. The van der Waals surface area contributed by atoms with Gasteiger partial charge in [-0.2, -0.15) is 4.80 Å². The molecule has 0 bridgehead atoms. The maximum Gasteiger partial charge on any atom is 0.204 e. The van der Waals surface area contributed by atoms with Crippen LogP contribution in [-0.2, 0) is 6.54 Å². The van der Waals surface area contributed by atoms with Gasteiger partial charge in [0.15, 0.2) is 0 Å². The normalized spacial score (nSPS) is 10.5. The van der Waals surface area contributed by atoms with Gasteiger partial charge in [0.05, 0.1) is 6.54 Å². The van der Waals surface area contributed by atoms with E-state index in [-0.39, 0.29) is 0 Å². The molecule has 0 saturated heterocycles. The minimum absolute atomic E-state index is 0.601. The lowest BCUT2D eigenvalue weighted by Crippen LogP contribution is -2.02. The molecule has 1 aromatic heterocycles. The SMILES string of the molecule is CCCCCn1nnc(-c2ccc(C=O)cc2)n1. The van der Waals surface area contributed by atoms with Gasteiger partial charge in [-0.25, -0.2) is 0 Å². The Hall–Kier alpha value is -2.04. The summed E-state index contributed by atoms with van der Waals surface area (Å²) >= 11 is 0. The largest absolute Gasteiger partial charge is 0.298 e. The third kappa shape index (κ3) is 3.00. The number of aromatic nitrogens is 4. The monoisotopic (exact) mass is 244 g/mol. The van der Waals surface area contributed by atoms with Crippen molar-refractivity contribution >= 4 is 6.29 Å². The van der Waals surface area contributed by atoms with E-state index in [4.69, 9.17) is 0 Å². The maximum absolute atomic E-state index is 10.6. The average Bonchev–Trinajstić information content (AvgIpc) is 2.88. The summed E-state index contributed by atoms with van der Waals surface area (Å²) in [6.45, 7) is 2.96. The third-order valence-electron chi connectivity index (χ3n) is 2.72. The number of carbonyl (C=O) groups is 1. The summed E-state index contributed by atoms with van der Waals surface area (Å²) in [6, 6.07) is 7.16. The lowest BCUT2D eigenvalue weighted by molar-refractivity contribution is 0.112. The molecular formula is C13H16N4O. The van der Waals surface area contributed by atoms with Gasteiger partial charge >= 0.3 is 0 Å². The van der Waals surface area contributed by atoms with Crippen molar-refractivity contribution in [3.63, 3.8) is 0 Å². The first-order chi connectivity index (χ1) is 8.83. The van der Waals surface area contributed by atoms with Crippen LogP contribution in [0.5, 0.6) is 0 Å². The average molecular weight is 244 g/mol. The summed E-state index contributed by atoms with van der Waals surface area (Å²) in [5.74, 6) is 0.601. The Labute approximate surface area is 106 Å². The van der Waals surface area contributed by atoms with Gasteiger partial charge in [-0.3, -0.25) is 4.79 Å². The first kappa shape index (κ1) is 12.4. The Balaban J connectivity index is 2.06. The van der Waals surface area contributed by atoms with Crippen LogP contribution in [0.2, 0.25) is 0 Å². The second-order valence-corrected chi connectivity index (χ2v) is 4.16. The van der Waals surface area contributed by atoms with Crippen LogP contribution in [0.1, 0.15) is 36.5 Å². The zero-order chi connectivity index (χ0) is 12.8. The van der Waals surface area contributed by atoms with Crippen molar-refractivity contribution in [1.82, 2.24) is 20.2 Å². The van der Waals surface area contributed by atoms with Crippen LogP contribution in [0.25, 0.3) is 11.4 Å². The van der Waals surface area contributed by atoms with Gasteiger partial charge in [-0.1, -0.05) is 44.0 Å². The highest BCUT2D eigenvalue weighted by Crippen LogP contribution is 2.13. The molecule has 18 heavy (non-hydrogen) atoms. The zero-order valence-corrected chi connectivity index (χ0v) is 10.4. The molecule has 2 rings (SSSR count). The van der Waals surface area contributed by atoms with Crippen molar-refractivity contribution in [2.75, 3.05) is 0 Å². The molecule has 1 aromatic carbocycles. The van der Waals surface area contributed by atoms with E-state index in [9.17, 15) is 4.79 Å². The fraction of sp³-hybridized carbons (Fsp3) is 0.385. The molecule has 94 valence electrons. The quantitative estimate of drug-likeness (QED) is 0.578. The van der Waals surface area contributed by atoms with Crippen molar-refractivity contribution in [2.45, 2.75) is 32.7 Å². The van der Waals surface area contributed by atoms with Crippen molar-refractivity contribution < 1.29 is 4.79 Å². The van der Waals surface area contributed by atoms with E-state index in [1.807, 2.05) is 12.1 Å². The van der Waals surface area contributed by atoms with Crippen molar-refractivity contribution in [3.8, 4) is 11.4 Å². The van der Waals surface area contributed by atoms with Crippen LogP contribution >= 0.6 is 0 Å². The predicted octanol–water partition coefficient (Wildman–Crippen LogP) is 2.34. The van der Waals surface area contributed by atoms with Gasteiger partial charge in [-0.05, 0) is 11.6 Å². The molecule has 5 nitrogen and oxygen atoms in total. The number of tetrazole rings is 1. The van der Waals surface area contributed by atoms with Gasteiger partial charge in [0.2, 0.25) is 5.82 Å². The van der Waals surface area contributed by atoms with E-state index >= 15 is 0 Å². The molecule has 0 aliphatic heterocycles. The number of carbonyl (C=O) groups excluding carboxylic acids is 1. The number of hydrogen-bond donors (Lipinski definition) is 0. The molecule has 0 fully saturated rings. The zero-order valence-electron chi connectivity index (χ0n) is 10.4. The molecule has 0 amide bonds. The van der Waals surface area contributed by atoms with Crippen LogP contribution < -0.4 is 0 Å². The van der Waals surface area contributed by atoms with E-state index < -0.39 is 0 Å². The number of nitrogens with zero attached hydrogens (tertiary/aromatic N) is 4. The van der Waals surface area contributed by atoms with Crippen molar-refractivity contribution in [2.24, 2.45) is 0 Å². The summed E-state index contributed by atoms with van der Waals surface area (Å²) in [5, 5.41) is 12.3. The smallest absolute Gasteiger partial charge is 0.204 e. The molecule has 0 unspecified atom stereocenters. The Kier molecular flexibility index (Phi) is 4.17. The molecule has 0 saturated carbocycles. The molecule has 0 N–H and O–H groups in total. The van der Waals surface area contributed by atoms with E-state index in [0.29, 0.717) is 11.4 Å². The Morgan fingerprint density at radius 1 is 1.22 bits per heavy atom. The minimum Gasteiger partial charge on any atom is -0.298 e. The summed E-state index contributed by atoms with van der Waals surface area (Å²) < 4.78 is 0. The van der Waals surface area contributed by atoms with Crippen LogP contribution in [0.4, 0.5) is 0 Å². The van der Waals surface area contributed by atoms with Crippen LogP contribution in [0.15, 0.2) is 24.3 Å². The molecule has 0 aliphatic carbocycles. The highest BCUT2D eigenvalue weighted by atomic mass is 16.1. The molecule has 0 aliphatic rings. The maximum atomic E-state index is 10.6. The molecule has 0 spiro atoms. The number of rotatable bonds is 6. The van der Waals surface area contributed by atoms with E-state index in [0.717, 1.165) is 24.8 Å². The second-order valence-electron chi connectivity index (χ2n) is 4.16. The summed E-state index contributed by atoms with van der Waals surface area (Å²) in [7, 11) is 0. The standard InChI is InChI=1S/C13H16N4O/c1-2-3-4-9-17-15-13(14-16-17)12-7-5-11(10-18)6-8-12/h5-8,10H,2-4,9H2,1H3. The molecule has 5 heteroatoms. The number of hydrogen-bond acceptors (Lipinski definition) is 4. The van der Waals surface area contributed by atoms with E-state index in [2.05, 4.69) is 22.3 Å². The third-order valence-corrected chi connectivity index (χ3v) is 2.72. The summed E-state index contributed by atoms with van der Waals surface area (Å²) in [5.41, 5.74) is 1.52. The lowest BCUT2D eigenvalue weighted by atomic mass is 10.1. The number of aryl methyl sites for hydroxylation is 1. The van der Waals surface area contributed by atoms with Crippen molar-refractivity contribution in [1.29, 1.82) is 0 Å². The van der Waals surface area contributed by atoms with E-state index in [1.165, 1.54) is 12.8 Å². The second kappa shape index (κ2) is 6.05. The fourth-order valence-corrected chi connectivity index (χ4v) is 1.67. The minimum atomic E-state index is 0.601. The van der Waals surface area contributed by atoms with Gasteiger partial charge in [0, 0.05) is 11.1 Å². The van der Waals surface area contributed by atoms with Gasteiger partial charge in [0.1, 0.15) is 6.29 Å². The van der Waals surface area contributed by atoms with Crippen molar-refractivity contribution in [3.05, 3.63) is 29.8 Å². The number of unbranched alkanes of at least 4 members (excludes halogenated alkanes) is 2. The first-order valence-electron chi connectivity index (χ1n) is 6.17. The molecule has 0 radical (unpaired) electrons. The first-order valence-corrected chi connectivity index (χ1v) is 6.17. The topological polar surface area (TPSA) is 60.7 Å². The van der Waals surface area contributed by atoms with Gasteiger partial charge in [-0.15, -0.1) is 10.2 Å². The highest BCUT2D eigenvalue weighted by Gasteiger charge is 2.05. The highest BCUT2D eigenvalue weighted by molar-refractivity contribution is 5.76. The van der Waals surface area contributed by atoms with E-state index in [1.54, 1.807) is 16.9 Å². The summed E-state index contributed by atoms with van der Waals surface area (Å²) in [6.07, 6.45) is 4.23. The number of aldehydes is 1.